The summed E-state index contributed by atoms with van der Waals surface area (Å²) in [6.45, 7) is 6.12. The zero-order chi connectivity index (χ0) is 10.8. The summed E-state index contributed by atoms with van der Waals surface area (Å²) in [4.78, 5) is 11.9. The molecular formula is C11H17NO2. The Morgan fingerprint density at radius 2 is 2.14 bits per heavy atom. The van der Waals surface area contributed by atoms with Crippen molar-refractivity contribution in [2.24, 2.45) is 11.1 Å². The fraction of sp³-hybridized carbons (Fsp3) is 0.545. The van der Waals surface area contributed by atoms with Gasteiger partial charge in [0.2, 0.25) is 5.78 Å². The van der Waals surface area contributed by atoms with Crippen molar-refractivity contribution in [3.05, 3.63) is 23.7 Å². The maximum Gasteiger partial charge on any atom is 0.203 e. The van der Waals surface area contributed by atoms with E-state index in [4.69, 9.17) is 10.2 Å². The molecule has 1 rings (SSSR count). The van der Waals surface area contributed by atoms with Gasteiger partial charge in [-0.05, 0) is 32.0 Å². The highest BCUT2D eigenvalue weighted by Crippen LogP contribution is 2.26. The van der Waals surface area contributed by atoms with Gasteiger partial charge >= 0.3 is 0 Å². The van der Waals surface area contributed by atoms with Crippen LogP contribution in [0.2, 0.25) is 0 Å². The summed E-state index contributed by atoms with van der Waals surface area (Å²) in [5.74, 6) is 1.22. The van der Waals surface area contributed by atoms with Gasteiger partial charge in [0.05, 0.1) is 0 Å². The number of Topliss-reactive ketones (excluding diaryl/α,β-unsaturated/α-hetero) is 1. The predicted octanol–water partition coefficient (Wildman–Crippen LogP) is 2.15. The first-order valence-electron chi connectivity index (χ1n) is 4.78. The van der Waals surface area contributed by atoms with Gasteiger partial charge in [-0.1, -0.05) is 13.8 Å². The Labute approximate surface area is 84.3 Å². The van der Waals surface area contributed by atoms with E-state index < -0.39 is 5.41 Å². The van der Waals surface area contributed by atoms with Crippen LogP contribution < -0.4 is 5.73 Å². The first-order chi connectivity index (χ1) is 6.47. The molecule has 0 atom stereocenters. The molecule has 0 spiro atoms. The number of hydrogen-bond donors (Lipinski definition) is 1. The van der Waals surface area contributed by atoms with Crippen LogP contribution in [0.5, 0.6) is 0 Å². The van der Waals surface area contributed by atoms with Crippen molar-refractivity contribution in [3.8, 4) is 0 Å². The number of carbonyl (C=O) groups excluding carboxylic acids is 1. The van der Waals surface area contributed by atoms with Crippen molar-refractivity contribution in [3.63, 3.8) is 0 Å². The van der Waals surface area contributed by atoms with Gasteiger partial charge in [0.1, 0.15) is 5.76 Å². The normalized spacial score (nSPS) is 11.7. The molecule has 1 heterocycles. The van der Waals surface area contributed by atoms with Crippen molar-refractivity contribution in [1.82, 2.24) is 0 Å². The minimum atomic E-state index is -0.432. The Hall–Kier alpha value is -1.09. The van der Waals surface area contributed by atoms with Crippen LogP contribution in [-0.4, -0.2) is 12.3 Å². The van der Waals surface area contributed by atoms with E-state index in [1.165, 1.54) is 0 Å². The Kier molecular flexibility index (Phi) is 3.11. The number of ketones is 1. The first-order valence-corrected chi connectivity index (χ1v) is 4.78. The van der Waals surface area contributed by atoms with Gasteiger partial charge in [-0.3, -0.25) is 4.79 Å². The summed E-state index contributed by atoms with van der Waals surface area (Å²) in [7, 11) is 0. The number of carbonyl (C=O) groups is 1. The van der Waals surface area contributed by atoms with Crippen LogP contribution in [0.1, 0.15) is 36.6 Å². The molecule has 14 heavy (non-hydrogen) atoms. The summed E-state index contributed by atoms with van der Waals surface area (Å²) < 4.78 is 5.29. The SMILES string of the molecule is Cc1ccc(C(=O)C(C)(C)CCN)o1. The van der Waals surface area contributed by atoms with Crippen LogP contribution in [0, 0.1) is 12.3 Å². The highest BCUT2D eigenvalue weighted by molar-refractivity contribution is 5.97. The average Bonchev–Trinajstić information content (AvgIpc) is 2.50. The molecule has 0 saturated carbocycles. The smallest absolute Gasteiger partial charge is 0.203 e. The van der Waals surface area contributed by atoms with E-state index in [1.54, 1.807) is 12.1 Å². The van der Waals surface area contributed by atoms with Gasteiger partial charge in [-0.25, -0.2) is 0 Å². The second-order valence-corrected chi connectivity index (χ2v) is 4.16. The third-order valence-corrected chi connectivity index (χ3v) is 2.35. The van der Waals surface area contributed by atoms with E-state index in [9.17, 15) is 4.79 Å². The van der Waals surface area contributed by atoms with E-state index >= 15 is 0 Å². The molecule has 0 bridgehead atoms. The topological polar surface area (TPSA) is 56.2 Å². The monoisotopic (exact) mass is 195 g/mol. The van der Waals surface area contributed by atoms with Crippen molar-refractivity contribution in [1.29, 1.82) is 0 Å². The Morgan fingerprint density at radius 3 is 2.57 bits per heavy atom. The van der Waals surface area contributed by atoms with Gasteiger partial charge in [0, 0.05) is 5.41 Å². The molecule has 0 fully saturated rings. The van der Waals surface area contributed by atoms with E-state index in [-0.39, 0.29) is 5.78 Å². The maximum atomic E-state index is 11.9. The highest BCUT2D eigenvalue weighted by Gasteiger charge is 2.29. The summed E-state index contributed by atoms with van der Waals surface area (Å²) in [5, 5.41) is 0. The third-order valence-electron chi connectivity index (χ3n) is 2.35. The summed E-state index contributed by atoms with van der Waals surface area (Å²) in [5.41, 5.74) is 5.02. The minimum Gasteiger partial charge on any atom is -0.458 e. The molecule has 0 aliphatic carbocycles. The van der Waals surface area contributed by atoms with E-state index in [0.29, 0.717) is 18.7 Å². The Balaban J connectivity index is 2.84. The predicted molar refractivity (Wildman–Crippen MR) is 55.2 cm³/mol. The lowest BCUT2D eigenvalue weighted by molar-refractivity contribution is 0.0798. The summed E-state index contributed by atoms with van der Waals surface area (Å²) >= 11 is 0. The fourth-order valence-electron chi connectivity index (χ4n) is 1.36. The molecular weight excluding hydrogens is 178 g/mol. The average molecular weight is 195 g/mol. The van der Waals surface area contributed by atoms with E-state index in [0.717, 1.165) is 5.76 Å². The Morgan fingerprint density at radius 1 is 1.50 bits per heavy atom. The second-order valence-electron chi connectivity index (χ2n) is 4.16. The molecule has 0 radical (unpaired) electrons. The number of aryl methyl sites for hydroxylation is 1. The molecule has 0 unspecified atom stereocenters. The molecule has 1 aromatic rings. The molecule has 2 N–H and O–H groups in total. The number of furan rings is 1. The maximum absolute atomic E-state index is 11.9. The van der Waals surface area contributed by atoms with Crippen LogP contribution in [0.3, 0.4) is 0 Å². The van der Waals surface area contributed by atoms with Crippen molar-refractivity contribution in [2.75, 3.05) is 6.54 Å². The molecule has 0 saturated heterocycles. The first kappa shape index (κ1) is 11.0. The molecule has 3 nitrogen and oxygen atoms in total. The van der Waals surface area contributed by atoms with Gasteiger partial charge in [0.15, 0.2) is 5.76 Å². The van der Waals surface area contributed by atoms with Crippen LogP contribution in [0.15, 0.2) is 16.5 Å². The zero-order valence-corrected chi connectivity index (χ0v) is 8.96. The fourth-order valence-corrected chi connectivity index (χ4v) is 1.36. The lowest BCUT2D eigenvalue weighted by Gasteiger charge is -2.20. The van der Waals surface area contributed by atoms with Crippen LogP contribution in [-0.2, 0) is 0 Å². The van der Waals surface area contributed by atoms with Crippen LogP contribution >= 0.6 is 0 Å². The van der Waals surface area contributed by atoms with Crippen molar-refractivity contribution >= 4 is 5.78 Å². The van der Waals surface area contributed by atoms with Gasteiger partial charge in [0.25, 0.3) is 0 Å². The van der Waals surface area contributed by atoms with Crippen LogP contribution in [0.25, 0.3) is 0 Å². The minimum absolute atomic E-state index is 0.0241. The van der Waals surface area contributed by atoms with Gasteiger partial charge in [-0.15, -0.1) is 0 Å². The quantitative estimate of drug-likeness (QED) is 0.749. The standard InChI is InChI=1S/C11H17NO2/c1-8-4-5-9(14-8)10(13)11(2,3)6-7-12/h4-5H,6-7,12H2,1-3H3. The second kappa shape index (κ2) is 3.96. The largest absolute Gasteiger partial charge is 0.458 e. The molecule has 3 heteroatoms. The summed E-state index contributed by atoms with van der Waals surface area (Å²) in [6.07, 6.45) is 0.672. The molecule has 1 aromatic heterocycles. The highest BCUT2D eigenvalue weighted by atomic mass is 16.3. The molecule has 0 aromatic carbocycles. The van der Waals surface area contributed by atoms with Crippen molar-refractivity contribution < 1.29 is 9.21 Å². The number of rotatable bonds is 4. The van der Waals surface area contributed by atoms with E-state index in [2.05, 4.69) is 0 Å². The van der Waals surface area contributed by atoms with Crippen LogP contribution in [0.4, 0.5) is 0 Å². The lowest BCUT2D eigenvalue weighted by atomic mass is 9.83. The number of nitrogens with two attached hydrogens (primary N) is 1. The van der Waals surface area contributed by atoms with E-state index in [1.807, 2.05) is 20.8 Å². The molecule has 0 amide bonds. The van der Waals surface area contributed by atoms with Gasteiger partial charge in [-0.2, -0.15) is 0 Å². The van der Waals surface area contributed by atoms with Gasteiger partial charge < -0.3 is 10.2 Å². The summed E-state index contributed by atoms with van der Waals surface area (Å²) in [6, 6.07) is 3.52. The molecule has 78 valence electrons. The Bertz CT molecular complexity index is 326. The van der Waals surface area contributed by atoms with Crippen molar-refractivity contribution in [2.45, 2.75) is 27.2 Å². The molecule has 0 aliphatic heterocycles. The lowest BCUT2D eigenvalue weighted by Crippen LogP contribution is -2.27. The number of hydrogen-bond acceptors (Lipinski definition) is 3. The zero-order valence-electron chi connectivity index (χ0n) is 8.96. The third kappa shape index (κ3) is 2.23. The molecule has 0 aliphatic rings.